The van der Waals surface area contributed by atoms with Gasteiger partial charge in [0.2, 0.25) is 0 Å². The Morgan fingerprint density at radius 1 is 1.16 bits per heavy atom. The normalized spacial score (nSPS) is 13.5. The van der Waals surface area contributed by atoms with Crippen molar-refractivity contribution in [3.05, 3.63) is 71.9 Å². The fraction of sp³-hybridized carbons (Fsp3) is 0.250. The first kappa shape index (κ1) is 17.2. The van der Waals surface area contributed by atoms with Crippen molar-refractivity contribution in [3.8, 4) is 0 Å². The minimum absolute atomic E-state index is 0.112. The molecule has 0 radical (unpaired) electrons. The van der Waals surface area contributed by atoms with E-state index in [2.05, 4.69) is 10.3 Å². The number of fused-ring (bicyclic) bond motifs is 1. The molecule has 5 nitrogen and oxygen atoms in total. The van der Waals surface area contributed by atoms with Crippen molar-refractivity contribution in [1.82, 2.24) is 10.3 Å². The van der Waals surface area contributed by atoms with E-state index in [4.69, 9.17) is 4.74 Å². The van der Waals surface area contributed by atoms with Crippen molar-refractivity contribution < 1.29 is 14.6 Å². The molecule has 0 aliphatic heterocycles. The number of carbonyl (C=O) groups excluding carboxylic acids is 1. The second-order valence-electron chi connectivity index (χ2n) is 6.00. The van der Waals surface area contributed by atoms with E-state index in [0.717, 1.165) is 16.5 Å². The fourth-order valence-corrected chi connectivity index (χ4v) is 2.71. The van der Waals surface area contributed by atoms with Gasteiger partial charge in [0, 0.05) is 18.1 Å². The molecule has 0 bridgehead atoms. The van der Waals surface area contributed by atoms with Crippen LogP contribution in [0.15, 0.2) is 60.8 Å². The first-order chi connectivity index (χ1) is 12.1. The van der Waals surface area contributed by atoms with E-state index in [-0.39, 0.29) is 25.2 Å². The lowest BCUT2D eigenvalue weighted by Gasteiger charge is -2.17. The Morgan fingerprint density at radius 2 is 1.96 bits per heavy atom. The zero-order chi connectivity index (χ0) is 17.6. The van der Waals surface area contributed by atoms with Crippen molar-refractivity contribution in [2.75, 3.05) is 13.2 Å². The summed E-state index contributed by atoms with van der Waals surface area (Å²) in [7, 11) is 0. The van der Waals surface area contributed by atoms with Gasteiger partial charge in [-0.3, -0.25) is 4.79 Å². The second-order valence-corrected chi connectivity index (χ2v) is 6.00. The van der Waals surface area contributed by atoms with Gasteiger partial charge in [0.25, 0.3) is 5.91 Å². The molecule has 0 spiro atoms. The lowest BCUT2D eigenvalue weighted by atomic mass is 10.1. The molecule has 0 saturated carbocycles. The highest BCUT2D eigenvalue weighted by Crippen LogP contribution is 2.17. The Labute approximate surface area is 146 Å². The number of amides is 1. The van der Waals surface area contributed by atoms with E-state index in [9.17, 15) is 9.90 Å². The largest absolute Gasteiger partial charge is 0.389 e. The molecule has 130 valence electrons. The van der Waals surface area contributed by atoms with Crippen LogP contribution in [0.4, 0.5) is 0 Å². The second kappa shape index (κ2) is 7.96. The number of hydrogen-bond acceptors (Lipinski definition) is 3. The third kappa shape index (κ3) is 4.26. The number of hydrogen-bond donors (Lipinski definition) is 3. The molecule has 1 aromatic heterocycles. The van der Waals surface area contributed by atoms with E-state index >= 15 is 0 Å². The van der Waals surface area contributed by atoms with Gasteiger partial charge in [-0.1, -0.05) is 42.5 Å². The van der Waals surface area contributed by atoms with Crippen LogP contribution in [0.5, 0.6) is 0 Å². The quantitative estimate of drug-likeness (QED) is 0.620. The lowest BCUT2D eigenvalue weighted by molar-refractivity contribution is -0.00170. The topological polar surface area (TPSA) is 74.3 Å². The summed E-state index contributed by atoms with van der Waals surface area (Å²) >= 11 is 0. The van der Waals surface area contributed by atoms with Crippen molar-refractivity contribution in [1.29, 1.82) is 0 Å². The van der Waals surface area contributed by atoms with E-state index in [1.54, 1.807) is 12.3 Å². The van der Waals surface area contributed by atoms with E-state index < -0.39 is 6.10 Å². The molecular formula is C20H22N2O3. The van der Waals surface area contributed by atoms with Crippen LogP contribution >= 0.6 is 0 Å². The highest BCUT2D eigenvalue weighted by molar-refractivity contribution is 6.05. The molecule has 0 unspecified atom stereocenters. The van der Waals surface area contributed by atoms with Gasteiger partial charge >= 0.3 is 0 Å². The highest BCUT2D eigenvalue weighted by Gasteiger charge is 2.14. The molecule has 0 saturated heterocycles. The number of aromatic amines is 1. The number of aromatic nitrogens is 1. The number of aliphatic hydroxyl groups is 1. The van der Waals surface area contributed by atoms with Crippen LogP contribution in [-0.2, 0) is 4.74 Å². The van der Waals surface area contributed by atoms with Crippen LogP contribution in [0, 0.1) is 0 Å². The molecule has 2 aromatic carbocycles. The summed E-state index contributed by atoms with van der Waals surface area (Å²) in [5.74, 6) is -0.219. The Morgan fingerprint density at radius 3 is 2.76 bits per heavy atom. The molecule has 1 amide bonds. The first-order valence-corrected chi connectivity index (χ1v) is 8.34. The van der Waals surface area contributed by atoms with Crippen LogP contribution < -0.4 is 5.32 Å². The number of para-hydroxylation sites is 1. The number of nitrogens with one attached hydrogen (secondary N) is 2. The van der Waals surface area contributed by atoms with Crippen LogP contribution in [0.2, 0.25) is 0 Å². The van der Waals surface area contributed by atoms with Gasteiger partial charge in [-0.25, -0.2) is 0 Å². The van der Waals surface area contributed by atoms with Crippen molar-refractivity contribution in [2.24, 2.45) is 0 Å². The van der Waals surface area contributed by atoms with Crippen LogP contribution in [0.3, 0.4) is 0 Å². The molecule has 3 rings (SSSR count). The van der Waals surface area contributed by atoms with Gasteiger partial charge in [-0.2, -0.15) is 0 Å². The molecule has 0 fully saturated rings. The van der Waals surface area contributed by atoms with Crippen LogP contribution in [-0.4, -0.2) is 35.3 Å². The third-order valence-electron chi connectivity index (χ3n) is 4.14. The molecule has 1 heterocycles. The zero-order valence-corrected chi connectivity index (χ0v) is 14.1. The monoisotopic (exact) mass is 338 g/mol. The summed E-state index contributed by atoms with van der Waals surface area (Å²) in [5.41, 5.74) is 2.41. The van der Waals surface area contributed by atoms with E-state index in [0.29, 0.717) is 5.56 Å². The van der Waals surface area contributed by atoms with Gasteiger partial charge in [0.05, 0.1) is 29.9 Å². The van der Waals surface area contributed by atoms with Crippen molar-refractivity contribution >= 4 is 16.8 Å². The fourth-order valence-electron chi connectivity index (χ4n) is 2.71. The predicted molar refractivity (Wildman–Crippen MR) is 97.4 cm³/mol. The molecule has 0 aliphatic rings. The maximum absolute atomic E-state index is 12.3. The minimum Gasteiger partial charge on any atom is -0.389 e. The molecule has 25 heavy (non-hydrogen) atoms. The maximum Gasteiger partial charge on any atom is 0.253 e. The van der Waals surface area contributed by atoms with Gasteiger partial charge in [-0.05, 0) is 24.6 Å². The average Bonchev–Trinajstić information content (AvgIpc) is 3.13. The Kier molecular flexibility index (Phi) is 5.48. The Balaban J connectivity index is 1.49. The molecular weight excluding hydrogens is 316 g/mol. The van der Waals surface area contributed by atoms with Gasteiger partial charge in [0.1, 0.15) is 0 Å². The standard InChI is InChI=1S/C20H22N2O3/c1-14(15-6-3-2-4-7-15)25-13-17(23)12-22-20(24)18-9-5-8-16-10-11-21-19(16)18/h2-11,14,17,21,23H,12-13H2,1H3,(H,22,24)/t14-,17+/m0/s1. The number of rotatable bonds is 7. The number of benzene rings is 2. The van der Waals surface area contributed by atoms with Gasteiger partial charge in [-0.15, -0.1) is 0 Å². The summed E-state index contributed by atoms with van der Waals surface area (Å²) in [6.07, 6.45) is 0.923. The van der Waals surface area contributed by atoms with Crippen LogP contribution in [0.1, 0.15) is 28.9 Å². The SMILES string of the molecule is C[C@H](OC[C@H](O)CNC(=O)c1cccc2cc[nH]c12)c1ccccc1. The summed E-state index contributed by atoms with van der Waals surface area (Å²) in [6.45, 7) is 2.23. The zero-order valence-electron chi connectivity index (χ0n) is 14.1. The number of aliphatic hydroxyl groups excluding tert-OH is 1. The van der Waals surface area contributed by atoms with E-state index in [1.807, 2.05) is 55.5 Å². The average molecular weight is 338 g/mol. The molecule has 0 aliphatic carbocycles. The van der Waals surface area contributed by atoms with Gasteiger partial charge in [0.15, 0.2) is 0 Å². The summed E-state index contributed by atoms with van der Waals surface area (Å²) in [6, 6.07) is 17.3. The number of carbonyl (C=O) groups is 1. The number of H-pyrrole nitrogens is 1. The number of ether oxygens (including phenoxy) is 1. The summed E-state index contributed by atoms with van der Waals surface area (Å²) in [5, 5.41) is 13.8. The Hall–Kier alpha value is -2.63. The maximum atomic E-state index is 12.3. The van der Waals surface area contributed by atoms with Crippen molar-refractivity contribution in [2.45, 2.75) is 19.1 Å². The Bertz CT molecular complexity index is 829. The highest BCUT2D eigenvalue weighted by atomic mass is 16.5. The summed E-state index contributed by atoms with van der Waals surface area (Å²) in [4.78, 5) is 15.4. The lowest BCUT2D eigenvalue weighted by Crippen LogP contribution is -2.34. The smallest absolute Gasteiger partial charge is 0.253 e. The summed E-state index contributed by atoms with van der Waals surface area (Å²) < 4.78 is 5.68. The molecule has 3 N–H and O–H groups in total. The van der Waals surface area contributed by atoms with Crippen LogP contribution in [0.25, 0.3) is 10.9 Å². The predicted octanol–water partition coefficient (Wildman–Crippen LogP) is 3.04. The molecule has 5 heteroatoms. The van der Waals surface area contributed by atoms with Crippen molar-refractivity contribution in [3.63, 3.8) is 0 Å². The third-order valence-corrected chi connectivity index (χ3v) is 4.14. The minimum atomic E-state index is -0.766. The first-order valence-electron chi connectivity index (χ1n) is 8.34. The molecule has 2 atom stereocenters. The molecule has 3 aromatic rings. The van der Waals surface area contributed by atoms with Gasteiger partial charge < -0.3 is 20.1 Å². The van der Waals surface area contributed by atoms with E-state index in [1.165, 1.54) is 0 Å².